The maximum Gasteiger partial charge on any atom is 0.0644 e. The molecule has 2 rings (SSSR count). The van der Waals surface area contributed by atoms with Crippen molar-refractivity contribution in [2.24, 2.45) is 0 Å². The number of hydrogen-bond acceptors (Lipinski definition) is 3. The molecular formula is C29H51NO2. The molecule has 1 N–H and O–H groups in total. The summed E-state index contributed by atoms with van der Waals surface area (Å²) in [7, 11) is 0. The molecule has 1 atom stereocenters. The zero-order chi connectivity index (χ0) is 22.7. The number of unbranched alkanes of at least 4 members (excludes halogenated alkanes) is 15. The van der Waals surface area contributed by atoms with Crippen molar-refractivity contribution in [1.29, 1.82) is 0 Å². The van der Waals surface area contributed by atoms with Gasteiger partial charge in [0.15, 0.2) is 0 Å². The highest BCUT2D eigenvalue weighted by molar-refractivity contribution is 5.30. The quantitative estimate of drug-likeness (QED) is 0.197. The van der Waals surface area contributed by atoms with Gasteiger partial charge in [-0.3, -0.25) is 4.90 Å². The smallest absolute Gasteiger partial charge is 0.0644 e. The summed E-state index contributed by atoms with van der Waals surface area (Å²) in [4.78, 5) is 2.35. The van der Waals surface area contributed by atoms with Crippen molar-refractivity contribution in [3.05, 3.63) is 35.4 Å². The minimum Gasteiger partial charge on any atom is -0.395 e. The number of aliphatic hydroxyl groups is 1. The van der Waals surface area contributed by atoms with E-state index in [0.717, 1.165) is 26.1 Å². The van der Waals surface area contributed by atoms with Crippen LogP contribution in [-0.4, -0.2) is 35.9 Å². The van der Waals surface area contributed by atoms with Crippen molar-refractivity contribution >= 4 is 0 Å². The van der Waals surface area contributed by atoms with E-state index in [2.05, 4.69) is 36.1 Å². The summed E-state index contributed by atoms with van der Waals surface area (Å²) < 4.78 is 5.92. The largest absolute Gasteiger partial charge is 0.395 e. The first-order valence-electron chi connectivity index (χ1n) is 13.8. The van der Waals surface area contributed by atoms with Gasteiger partial charge in [0.2, 0.25) is 0 Å². The first-order valence-corrected chi connectivity index (χ1v) is 13.8. The van der Waals surface area contributed by atoms with Gasteiger partial charge in [-0.1, -0.05) is 128 Å². The number of ether oxygens (including phenoxy) is 1. The fraction of sp³-hybridized carbons (Fsp3) is 0.793. The van der Waals surface area contributed by atoms with Gasteiger partial charge in [-0.25, -0.2) is 0 Å². The molecule has 1 aromatic rings. The molecule has 0 spiro atoms. The highest BCUT2D eigenvalue weighted by atomic mass is 16.5. The Balaban J connectivity index is 1.32. The predicted octanol–water partition coefficient (Wildman–Crippen LogP) is 7.64. The average Bonchev–Trinajstić information content (AvgIpc) is 3.24. The number of benzene rings is 1. The van der Waals surface area contributed by atoms with Crippen LogP contribution >= 0.6 is 0 Å². The average molecular weight is 446 g/mol. The van der Waals surface area contributed by atoms with Gasteiger partial charge in [0, 0.05) is 19.7 Å². The van der Waals surface area contributed by atoms with Crippen LogP contribution in [0.2, 0.25) is 0 Å². The Morgan fingerprint density at radius 1 is 0.719 bits per heavy atom. The minimum absolute atomic E-state index is 0.114. The summed E-state index contributed by atoms with van der Waals surface area (Å²) in [5.41, 5.74) is 2.78. The molecule has 0 saturated carbocycles. The van der Waals surface area contributed by atoms with Crippen LogP contribution in [-0.2, 0) is 17.8 Å². The molecule has 1 heterocycles. The zero-order valence-corrected chi connectivity index (χ0v) is 21.0. The summed E-state index contributed by atoms with van der Waals surface area (Å²) in [5, 5.41) is 9.79. The van der Waals surface area contributed by atoms with Gasteiger partial charge in [0.05, 0.1) is 19.3 Å². The molecule has 1 aliphatic rings. The third-order valence-corrected chi connectivity index (χ3v) is 7.04. The molecule has 184 valence electrons. The van der Waals surface area contributed by atoms with E-state index >= 15 is 0 Å². The summed E-state index contributed by atoms with van der Waals surface area (Å²) in [6.07, 6.45) is 22.3. The third-order valence-electron chi connectivity index (χ3n) is 7.04. The first kappa shape index (κ1) is 27.3. The number of aliphatic hydroxyl groups excluding tert-OH is 1. The maximum absolute atomic E-state index is 9.79. The normalized spacial score (nSPS) is 14.7. The molecule has 0 amide bonds. The molecule has 3 heteroatoms. The van der Waals surface area contributed by atoms with E-state index in [0.29, 0.717) is 6.61 Å². The molecule has 3 nitrogen and oxygen atoms in total. The fourth-order valence-electron chi connectivity index (χ4n) is 4.86. The van der Waals surface area contributed by atoms with Gasteiger partial charge in [-0.15, -0.1) is 0 Å². The Hall–Kier alpha value is -0.900. The van der Waals surface area contributed by atoms with Gasteiger partial charge >= 0.3 is 0 Å². The summed E-state index contributed by atoms with van der Waals surface area (Å²) in [6.45, 7) is 5.80. The van der Waals surface area contributed by atoms with Crippen LogP contribution in [0.25, 0.3) is 0 Å². The summed E-state index contributed by atoms with van der Waals surface area (Å²) >= 11 is 0. The van der Waals surface area contributed by atoms with E-state index < -0.39 is 0 Å². The van der Waals surface area contributed by atoms with Gasteiger partial charge in [0.1, 0.15) is 0 Å². The van der Waals surface area contributed by atoms with Crippen LogP contribution in [0.4, 0.5) is 0 Å². The molecule has 0 unspecified atom stereocenters. The van der Waals surface area contributed by atoms with Gasteiger partial charge in [0.25, 0.3) is 0 Å². The van der Waals surface area contributed by atoms with E-state index in [-0.39, 0.29) is 12.6 Å². The lowest BCUT2D eigenvalue weighted by Crippen LogP contribution is -2.37. The number of rotatable bonds is 21. The van der Waals surface area contributed by atoms with Crippen LogP contribution in [0.5, 0.6) is 0 Å². The number of fused-ring (bicyclic) bond motifs is 1. The van der Waals surface area contributed by atoms with Crippen molar-refractivity contribution < 1.29 is 9.84 Å². The predicted molar refractivity (Wildman–Crippen MR) is 137 cm³/mol. The van der Waals surface area contributed by atoms with Gasteiger partial charge in [-0.05, 0) is 17.5 Å². The van der Waals surface area contributed by atoms with E-state index in [9.17, 15) is 5.11 Å². The Kier molecular flexibility index (Phi) is 15.8. The molecular weight excluding hydrogens is 394 g/mol. The second-order valence-electron chi connectivity index (χ2n) is 9.89. The lowest BCUT2D eigenvalue weighted by Gasteiger charge is -2.25. The van der Waals surface area contributed by atoms with Crippen LogP contribution in [0.15, 0.2) is 24.3 Å². The van der Waals surface area contributed by atoms with Crippen LogP contribution in [0.3, 0.4) is 0 Å². The highest BCUT2D eigenvalue weighted by Crippen LogP contribution is 2.24. The molecule has 0 fully saturated rings. The maximum atomic E-state index is 9.79. The zero-order valence-electron chi connectivity index (χ0n) is 21.0. The van der Waals surface area contributed by atoms with Gasteiger partial charge < -0.3 is 9.84 Å². The second-order valence-corrected chi connectivity index (χ2v) is 9.89. The summed E-state index contributed by atoms with van der Waals surface area (Å²) in [6, 6.07) is 8.71. The van der Waals surface area contributed by atoms with Crippen LogP contribution < -0.4 is 0 Å². The third kappa shape index (κ3) is 11.8. The van der Waals surface area contributed by atoms with Crippen molar-refractivity contribution in [1.82, 2.24) is 4.90 Å². The van der Waals surface area contributed by atoms with E-state index in [1.54, 1.807) is 0 Å². The first-order chi connectivity index (χ1) is 15.8. The Labute approximate surface area is 198 Å². The minimum atomic E-state index is 0.114. The molecule has 0 radical (unpaired) electrons. The number of nitrogens with zero attached hydrogens (tertiary/aromatic N) is 1. The van der Waals surface area contributed by atoms with Crippen molar-refractivity contribution in [3.63, 3.8) is 0 Å². The molecule has 1 aromatic carbocycles. The lowest BCUT2D eigenvalue weighted by molar-refractivity contribution is 0.0277. The standard InChI is InChI=1S/C29H51NO2/c1-2-3-4-5-6-7-8-9-10-11-12-13-14-15-16-19-22-32-26-29(25-31)30-23-27-20-17-18-21-28(27)24-30/h17-18,20-21,29,31H,2-16,19,22-26H2,1H3/t29-/m0/s1. The molecule has 32 heavy (non-hydrogen) atoms. The van der Waals surface area contributed by atoms with Gasteiger partial charge in [-0.2, -0.15) is 0 Å². The molecule has 0 aliphatic carbocycles. The topological polar surface area (TPSA) is 32.7 Å². The molecule has 0 bridgehead atoms. The van der Waals surface area contributed by atoms with Crippen molar-refractivity contribution in [3.8, 4) is 0 Å². The second kappa shape index (κ2) is 18.5. The lowest BCUT2D eigenvalue weighted by atomic mass is 10.0. The van der Waals surface area contributed by atoms with E-state index in [1.165, 1.54) is 107 Å². The molecule has 1 aliphatic heterocycles. The summed E-state index contributed by atoms with van der Waals surface area (Å²) in [5.74, 6) is 0. The van der Waals surface area contributed by atoms with Crippen molar-refractivity contribution in [2.45, 2.75) is 129 Å². The van der Waals surface area contributed by atoms with Crippen molar-refractivity contribution in [2.75, 3.05) is 19.8 Å². The Morgan fingerprint density at radius 3 is 1.59 bits per heavy atom. The van der Waals surface area contributed by atoms with Crippen LogP contribution in [0.1, 0.15) is 121 Å². The SMILES string of the molecule is CCCCCCCCCCCCCCCCCCOC[C@H](CO)N1Cc2ccccc2C1. The van der Waals surface area contributed by atoms with E-state index in [4.69, 9.17) is 4.74 Å². The molecule has 0 aromatic heterocycles. The fourth-order valence-corrected chi connectivity index (χ4v) is 4.86. The monoisotopic (exact) mass is 445 g/mol. The highest BCUT2D eigenvalue weighted by Gasteiger charge is 2.25. The van der Waals surface area contributed by atoms with E-state index in [1.807, 2.05) is 0 Å². The molecule has 0 saturated heterocycles. The Bertz CT molecular complexity index is 537. The van der Waals surface area contributed by atoms with Crippen LogP contribution in [0, 0.1) is 0 Å². The number of hydrogen-bond donors (Lipinski definition) is 1. The Morgan fingerprint density at radius 2 is 1.16 bits per heavy atom.